The van der Waals surface area contributed by atoms with Crippen molar-refractivity contribution in [3.05, 3.63) is 131 Å². The molecular formula is C28H23N. The third kappa shape index (κ3) is 5.57. The Kier molecular flexibility index (Phi) is 5.99. The Balaban J connectivity index is 1.36. The zero-order valence-corrected chi connectivity index (χ0v) is 16.2. The Bertz CT molecular complexity index is 984. The highest BCUT2D eigenvalue weighted by Gasteiger charge is 1.96. The minimum atomic E-state index is 1.08. The van der Waals surface area contributed by atoms with Gasteiger partial charge in [-0.3, -0.25) is 0 Å². The van der Waals surface area contributed by atoms with E-state index in [-0.39, 0.29) is 0 Å². The molecule has 29 heavy (non-hydrogen) atoms. The van der Waals surface area contributed by atoms with Crippen LogP contribution in [-0.4, -0.2) is 0 Å². The first-order valence-corrected chi connectivity index (χ1v) is 9.79. The van der Waals surface area contributed by atoms with Crippen molar-refractivity contribution in [2.24, 2.45) is 0 Å². The monoisotopic (exact) mass is 373 g/mol. The van der Waals surface area contributed by atoms with Crippen LogP contribution < -0.4 is 5.32 Å². The van der Waals surface area contributed by atoms with Crippen LogP contribution in [0.2, 0.25) is 0 Å². The quantitative estimate of drug-likeness (QED) is 0.340. The Hall–Kier alpha value is -3.84. The zero-order valence-electron chi connectivity index (χ0n) is 16.2. The average molecular weight is 373 g/mol. The van der Waals surface area contributed by atoms with Crippen LogP contribution in [-0.2, 0) is 0 Å². The highest BCUT2D eigenvalue weighted by atomic mass is 14.9. The van der Waals surface area contributed by atoms with E-state index in [1.54, 1.807) is 0 Å². The maximum absolute atomic E-state index is 3.46. The summed E-state index contributed by atoms with van der Waals surface area (Å²) in [6.45, 7) is 0. The smallest absolute Gasteiger partial charge is 0.0384 e. The molecule has 1 nitrogen and oxygen atoms in total. The van der Waals surface area contributed by atoms with Crippen LogP contribution in [0, 0.1) is 0 Å². The van der Waals surface area contributed by atoms with E-state index in [2.05, 4.69) is 127 Å². The lowest BCUT2D eigenvalue weighted by Gasteiger charge is -2.07. The molecule has 0 aliphatic heterocycles. The Morgan fingerprint density at radius 2 is 0.655 bits per heavy atom. The first kappa shape index (κ1) is 18.5. The summed E-state index contributed by atoms with van der Waals surface area (Å²) in [5.41, 5.74) is 6.93. The molecule has 0 aliphatic carbocycles. The van der Waals surface area contributed by atoms with E-state index in [0.717, 1.165) is 11.4 Å². The molecule has 1 N–H and O–H groups in total. The maximum Gasteiger partial charge on any atom is 0.0384 e. The number of hydrogen-bond acceptors (Lipinski definition) is 1. The van der Waals surface area contributed by atoms with Gasteiger partial charge in [-0.1, -0.05) is 109 Å². The summed E-state index contributed by atoms with van der Waals surface area (Å²) in [4.78, 5) is 0. The van der Waals surface area contributed by atoms with E-state index in [9.17, 15) is 0 Å². The molecule has 0 heterocycles. The molecule has 4 rings (SSSR count). The van der Waals surface area contributed by atoms with Crippen LogP contribution >= 0.6 is 0 Å². The molecule has 0 atom stereocenters. The van der Waals surface area contributed by atoms with Crippen molar-refractivity contribution >= 4 is 35.7 Å². The Morgan fingerprint density at radius 3 is 1.00 bits per heavy atom. The van der Waals surface area contributed by atoms with E-state index in [1.807, 2.05) is 12.1 Å². The fraction of sp³-hybridized carbons (Fsp3) is 0. The molecule has 0 bridgehead atoms. The van der Waals surface area contributed by atoms with Gasteiger partial charge < -0.3 is 5.32 Å². The Morgan fingerprint density at radius 1 is 0.345 bits per heavy atom. The van der Waals surface area contributed by atoms with Crippen LogP contribution in [0.4, 0.5) is 11.4 Å². The van der Waals surface area contributed by atoms with Gasteiger partial charge in [-0.25, -0.2) is 0 Å². The molecule has 140 valence electrons. The van der Waals surface area contributed by atoms with Crippen LogP contribution in [0.15, 0.2) is 109 Å². The largest absolute Gasteiger partial charge is 0.356 e. The van der Waals surface area contributed by atoms with Gasteiger partial charge in [0.05, 0.1) is 0 Å². The number of anilines is 2. The average Bonchev–Trinajstić information content (AvgIpc) is 2.80. The van der Waals surface area contributed by atoms with Gasteiger partial charge in [-0.05, 0) is 46.5 Å². The number of benzene rings is 4. The molecule has 0 spiro atoms. The first-order valence-electron chi connectivity index (χ1n) is 9.79. The minimum absolute atomic E-state index is 1.08. The van der Waals surface area contributed by atoms with E-state index >= 15 is 0 Å². The molecule has 0 fully saturated rings. The molecule has 0 unspecified atom stereocenters. The summed E-state index contributed by atoms with van der Waals surface area (Å²) in [5.74, 6) is 0. The van der Waals surface area contributed by atoms with E-state index in [0.29, 0.717) is 0 Å². The molecule has 1 heteroatoms. The second-order valence-corrected chi connectivity index (χ2v) is 6.86. The fourth-order valence-electron chi connectivity index (χ4n) is 3.03. The minimum Gasteiger partial charge on any atom is -0.356 e. The predicted octanol–water partition coefficient (Wildman–Crippen LogP) is 7.77. The second-order valence-electron chi connectivity index (χ2n) is 6.86. The molecule has 0 aromatic heterocycles. The van der Waals surface area contributed by atoms with Gasteiger partial charge in [-0.15, -0.1) is 0 Å². The third-order valence-electron chi connectivity index (χ3n) is 4.65. The zero-order chi connectivity index (χ0) is 19.7. The number of hydrogen-bond donors (Lipinski definition) is 1. The third-order valence-corrected chi connectivity index (χ3v) is 4.65. The predicted molar refractivity (Wildman–Crippen MR) is 127 cm³/mol. The van der Waals surface area contributed by atoms with Gasteiger partial charge in [0.25, 0.3) is 0 Å². The lowest BCUT2D eigenvalue weighted by atomic mass is 10.1. The molecule has 0 saturated heterocycles. The van der Waals surface area contributed by atoms with Crippen molar-refractivity contribution in [2.75, 3.05) is 5.32 Å². The summed E-state index contributed by atoms with van der Waals surface area (Å²) in [6.07, 6.45) is 8.52. The number of rotatable bonds is 6. The molecule has 4 aromatic rings. The summed E-state index contributed by atoms with van der Waals surface area (Å²) >= 11 is 0. The summed E-state index contributed by atoms with van der Waals surface area (Å²) < 4.78 is 0. The van der Waals surface area contributed by atoms with Crippen molar-refractivity contribution in [2.45, 2.75) is 0 Å². The topological polar surface area (TPSA) is 12.0 Å². The van der Waals surface area contributed by atoms with Crippen LogP contribution in [0.25, 0.3) is 24.3 Å². The molecule has 0 saturated carbocycles. The summed E-state index contributed by atoms with van der Waals surface area (Å²) in [7, 11) is 0. The van der Waals surface area contributed by atoms with Crippen molar-refractivity contribution in [3.8, 4) is 0 Å². The standard InChI is InChI=1S/C28H23N/c1-3-7-23(8-4-1)11-13-25-15-19-27(20-16-25)29-28-21-17-26(18-22-28)14-12-24-9-5-2-6-10-24/h1-22,29H. The van der Waals surface area contributed by atoms with Gasteiger partial charge in [-0.2, -0.15) is 0 Å². The van der Waals surface area contributed by atoms with Gasteiger partial charge in [0, 0.05) is 11.4 Å². The highest BCUT2D eigenvalue weighted by Crippen LogP contribution is 2.19. The fourth-order valence-corrected chi connectivity index (χ4v) is 3.03. The van der Waals surface area contributed by atoms with Crippen molar-refractivity contribution < 1.29 is 0 Å². The van der Waals surface area contributed by atoms with Crippen LogP contribution in [0.5, 0.6) is 0 Å². The van der Waals surface area contributed by atoms with E-state index < -0.39 is 0 Å². The van der Waals surface area contributed by atoms with E-state index in [1.165, 1.54) is 22.3 Å². The second kappa shape index (κ2) is 9.38. The molecular weight excluding hydrogens is 350 g/mol. The van der Waals surface area contributed by atoms with Gasteiger partial charge >= 0.3 is 0 Å². The molecule has 0 aliphatic rings. The first-order chi connectivity index (χ1) is 14.3. The SMILES string of the molecule is C(=Cc1ccc(Nc2ccc(C=Cc3ccccc3)cc2)cc1)c1ccccc1. The van der Waals surface area contributed by atoms with Gasteiger partial charge in [0.15, 0.2) is 0 Å². The summed E-state index contributed by atoms with van der Waals surface area (Å²) in [5, 5.41) is 3.46. The maximum atomic E-state index is 3.46. The van der Waals surface area contributed by atoms with Crippen LogP contribution in [0.3, 0.4) is 0 Å². The van der Waals surface area contributed by atoms with Crippen molar-refractivity contribution in [1.82, 2.24) is 0 Å². The molecule has 0 radical (unpaired) electrons. The van der Waals surface area contributed by atoms with Gasteiger partial charge in [0.1, 0.15) is 0 Å². The molecule has 0 amide bonds. The highest BCUT2D eigenvalue weighted by molar-refractivity contribution is 5.73. The lowest BCUT2D eigenvalue weighted by Crippen LogP contribution is -1.89. The normalized spacial score (nSPS) is 11.2. The van der Waals surface area contributed by atoms with Gasteiger partial charge in [0.2, 0.25) is 0 Å². The van der Waals surface area contributed by atoms with Crippen molar-refractivity contribution in [1.29, 1.82) is 0 Å². The van der Waals surface area contributed by atoms with E-state index in [4.69, 9.17) is 0 Å². The summed E-state index contributed by atoms with van der Waals surface area (Å²) in [6, 6.07) is 37.6. The molecule has 4 aromatic carbocycles. The van der Waals surface area contributed by atoms with Crippen LogP contribution in [0.1, 0.15) is 22.3 Å². The lowest BCUT2D eigenvalue weighted by molar-refractivity contribution is 1.53. The van der Waals surface area contributed by atoms with Crippen molar-refractivity contribution in [3.63, 3.8) is 0 Å². The Labute approximate surface area is 172 Å². The number of nitrogens with one attached hydrogen (secondary N) is 1.